The summed E-state index contributed by atoms with van der Waals surface area (Å²) in [5.74, 6) is -3.02. The van der Waals surface area contributed by atoms with Crippen LogP contribution in [0.5, 0.6) is 0 Å². The van der Waals surface area contributed by atoms with Gasteiger partial charge in [0.25, 0.3) is 23.4 Å². The topological polar surface area (TPSA) is 134 Å². The summed E-state index contributed by atoms with van der Waals surface area (Å²) in [7, 11) is -1.88. The molecule has 31 heavy (non-hydrogen) atoms. The third-order valence-corrected chi connectivity index (χ3v) is 6.38. The van der Waals surface area contributed by atoms with E-state index in [-0.39, 0.29) is 18.1 Å². The van der Waals surface area contributed by atoms with Crippen LogP contribution < -0.4 is 16.1 Å². The summed E-state index contributed by atoms with van der Waals surface area (Å²) >= 11 is 5.29. The first-order valence-corrected chi connectivity index (χ1v) is 13.9. The zero-order valence-electron chi connectivity index (χ0n) is 17.8. The Labute approximate surface area is 185 Å². The Morgan fingerprint density at radius 1 is 1.42 bits per heavy atom. The van der Waals surface area contributed by atoms with Crippen molar-refractivity contribution in [3.63, 3.8) is 0 Å². The second kappa shape index (κ2) is 10.2. The van der Waals surface area contributed by atoms with Crippen molar-refractivity contribution >= 4 is 43.3 Å². The van der Waals surface area contributed by atoms with E-state index in [0.29, 0.717) is 29.8 Å². The van der Waals surface area contributed by atoms with E-state index < -0.39 is 43.4 Å². The maximum atomic E-state index is 13.5. The molecular weight excluding hydrogens is 449 g/mol. The highest BCUT2D eigenvalue weighted by Crippen LogP contribution is 2.15. The molecule has 1 aliphatic heterocycles. The molecule has 0 bridgehead atoms. The maximum absolute atomic E-state index is 13.5. The Morgan fingerprint density at radius 2 is 2.10 bits per heavy atom. The largest absolute Gasteiger partial charge is 0.361 e. The fourth-order valence-electron chi connectivity index (χ4n) is 3.09. The molecule has 1 aliphatic rings. The van der Waals surface area contributed by atoms with Crippen LogP contribution in [0.1, 0.15) is 22.7 Å². The molecule has 0 aliphatic carbocycles. The lowest BCUT2D eigenvalue weighted by atomic mass is 10.1. The molecule has 1 aromatic heterocycles. The highest BCUT2D eigenvalue weighted by atomic mass is 35.5. The highest BCUT2D eigenvalue weighted by Gasteiger charge is 2.35. The first-order valence-electron chi connectivity index (χ1n) is 9.79. The van der Waals surface area contributed by atoms with E-state index in [4.69, 9.17) is 16.1 Å². The standard InChI is InChI=1S/C18H27ClFN5O5Si/c1-10-7-12(24-30-10)16(27)22-13(9-31(2,3)4)17(28)23-25(18(29)14(19)20)8-11-5-6-21-15(11)26/h7,11,13-14H,5-6,8-9H2,1-4H3,(H,21,26)(H,22,27)(H,23,28)/t11-,13?,14?/m0/s1. The number of hydrazine groups is 1. The molecule has 0 aromatic carbocycles. The lowest BCUT2D eigenvalue weighted by Crippen LogP contribution is -2.57. The molecule has 2 heterocycles. The van der Waals surface area contributed by atoms with Gasteiger partial charge in [0.1, 0.15) is 11.8 Å². The number of aromatic nitrogens is 1. The quantitative estimate of drug-likeness (QED) is 0.291. The molecule has 3 atom stereocenters. The summed E-state index contributed by atoms with van der Waals surface area (Å²) < 4.78 is 18.4. The molecule has 0 saturated carbocycles. The Kier molecular flexibility index (Phi) is 8.18. The van der Waals surface area contributed by atoms with Gasteiger partial charge in [0.2, 0.25) is 5.91 Å². The van der Waals surface area contributed by atoms with Gasteiger partial charge in [0.15, 0.2) is 5.69 Å². The molecule has 13 heteroatoms. The molecule has 0 radical (unpaired) electrons. The average Bonchev–Trinajstić information content (AvgIpc) is 3.27. The van der Waals surface area contributed by atoms with Gasteiger partial charge in [-0.2, -0.15) is 0 Å². The van der Waals surface area contributed by atoms with Crippen LogP contribution in [0.4, 0.5) is 4.39 Å². The van der Waals surface area contributed by atoms with Gasteiger partial charge < -0.3 is 15.2 Å². The number of amides is 4. The molecule has 1 fully saturated rings. The van der Waals surface area contributed by atoms with Crippen molar-refractivity contribution in [2.75, 3.05) is 13.1 Å². The Balaban J connectivity index is 2.17. The summed E-state index contributed by atoms with van der Waals surface area (Å²) in [4.78, 5) is 49.5. The van der Waals surface area contributed by atoms with Crippen LogP contribution in [0.25, 0.3) is 0 Å². The highest BCUT2D eigenvalue weighted by molar-refractivity contribution is 6.76. The number of halogens is 2. The fraction of sp³-hybridized carbons (Fsp3) is 0.611. The number of alkyl halides is 2. The van der Waals surface area contributed by atoms with Crippen molar-refractivity contribution in [1.29, 1.82) is 0 Å². The minimum Gasteiger partial charge on any atom is -0.361 e. The molecule has 4 amide bonds. The van der Waals surface area contributed by atoms with Crippen LogP contribution in [-0.4, -0.2) is 66.6 Å². The summed E-state index contributed by atoms with van der Waals surface area (Å²) in [6.45, 7) is 7.81. The molecule has 10 nitrogen and oxygen atoms in total. The van der Waals surface area contributed by atoms with Gasteiger partial charge in [-0.3, -0.25) is 24.6 Å². The van der Waals surface area contributed by atoms with Crippen LogP contribution in [-0.2, 0) is 14.4 Å². The monoisotopic (exact) mass is 475 g/mol. The zero-order valence-corrected chi connectivity index (χ0v) is 19.6. The number of hydrogen-bond donors (Lipinski definition) is 3. The van der Waals surface area contributed by atoms with Crippen molar-refractivity contribution in [2.24, 2.45) is 5.92 Å². The number of hydrogen-bond acceptors (Lipinski definition) is 6. The number of nitrogens with one attached hydrogen (secondary N) is 3. The second-order valence-corrected chi connectivity index (χ2v) is 14.5. The third-order valence-electron chi connectivity index (χ3n) is 4.56. The van der Waals surface area contributed by atoms with E-state index in [9.17, 15) is 23.6 Å². The average molecular weight is 476 g/mol. The number of rotatable bonds is 8. The van der Waals surface area contributed by atoms with Gasteiger partial charge in [-0.25, -0.2) is 9.40 Å². The van der Waals surface area contributed by atoms with E-state index in [1.165, 1.54) is 6.07 Å². The lowest BCUT2D eigenvalue weighted by Gasteiger charge is -2.29. The van der Waals surface area contributed by atoms with Crippen LogP contribution in [0.3, 0.4) is 0 Å². The maximum Gasteiger partial charge on any atom is 0.291 e. The third kappa shape index (κ3) is 7.31. The van der Waals surface area contributed by atoms with Crippen molar-refractivity contribution in [3.05, 3.63) is 17.5 Å². The van der Waals surface area contributed by atoms with E-state index in [1.807, 2.05) is 19.6 Å². The van der Waals surface area contributed by atoms with Crippen molar-refractivity contribution < 1.29 is 28.1 Å². The Hall–Kier alpha value is -2.47. The first-order chi connectivity index (χ1) is 14.4. The van der Waals surface area contributed by atoms with E-state index in [0.717, 1.165) is 0 Å². The Bertz CT molecular complexity index is 844. The molecular formula is C18H27ClFN5O5Si. The number of carbonyl (C=O) groups is 4. The van der Waals surface area contributed by atoms with Crippen molar-refractivity contribution in [1.82, 2.24) is 26.2 Å². The van der Waals surface area contributed by atoms with Crippen LogP contribution in [0.2, 0.25) is 25.7 Å². The minimum atomic E-state index is -2.40. The molecule has 2 unspecified atom stereocenters. The predicted octanol–water partition coefficient (Wildman–Crippen LogP) is 0.950. The van der Waals surface area contributed by atoms with E-state index in [1.54, 1.807) is 6.92 Å². The van der Waals surface area contributed by atoms with Crippen LogP contribution >= 0.6 is 11.6 Å². The normalized spacial score (nSPS) is 18.1. The number of carbonyl (C=O) groups excluding carboxylic acids is 4. The first kappa shape index (κ1) is 24.8. The zero-order chi connectivity index (χ0) is 23.3. The fourth-order valence-corrected chi connectivity index (χ4v) is 4.72. The van der Waals surface area contributed by atoms with Crippen LogP contribution in [0.15, 0.2) is 10.6 Å². The van der Waals surface area contributed by atoms with Crippen molar-refractivity contribution in [3.8, 4) is 0 Å². The SMILES string of the molecule is Cc1cc(C(=O)NC(C[Si](C)(C)C)C(=O)NN(C[C@@H]2CCNC2=O)C(=O)C(F)Cl)no1. The second-order valence-electron chi connectivity index (χ2n) is 8.62. The number of nitrogens with zero attached hydrogens (tertiary/aromatic N) is 2. The minimum absolute atomic E-state index is 0.00557. The summed E-state index contributed by atoms with van der Waals surface area (Å²) in [6.07, 6.45) is 0.429. The van der Waals surface area contributed by atoms with Gasteiger partial charge >= 0.3 is 0 Å². The van der Waals surface area contributed by atoms with Gasteiger partial charge in [0, 0.05) is 20.7 Å². The van der Waals surface area contributed by atoms with E-state index >= 15 is 0 Å². The molecule has 3 N–H and O–H groups in total. The Morgan fingerprint density at radius 3 is 2.58 bits per heavy atom. The van der Waals surface area contributed by atoms with E-state index in [2.05, 4.69) is 21.2 Å². The molecule has 2 rings (SSSR count). The van der Waals surface area contributed by atoms with Gasteiger partial charge in [-0.1, -0.05) is 36.4 Å². The van der Waals surface area contributed by atoms with Crippen molar-refractivity contribution in [2.45, 2.75) is 50.7 Å². The predicted molar refractivity (Wildman–Crippen MR) is 112 cm³/mol. The molecule has 0 spiro atoms. The van der Waals surface area contributed by atoms with Gasteiger partial charge in [-0.05, 0) is 19.4 Å². The lowest BCUT2D eigenvalue weighted by molar-refractivity contribution is -0.145. The summed E-state index contributed by atoms with van der Waals surface area (Å²) in [5, 5.41) is 9.55. The van der Waals surface area contributed by atoms with Gasteiger partial charge in [-0.15, -0.1) is 0 Å². The number of aryl methyl sites for hydroxylation is 1. The summed E-state index contributed by atoms with van der Waals surface area (Å²) in [5.41, 5.74) is -0.0555. The molecule has 1 saturated heterocycles. The molecule has 1 aromatic rings. The van der Waals surface area contributed by atoms with Gasteiger partial charge in [0.05, 0.1) is 12.5 Å². The van der Waals surface area contributed by atoms with Crippen LogP contribution in [0, 0.1) is 12.8 Å². The molecule has 172 valence electrons. The summed E-state index contributed by atoms with van der Waals surface area (Å²) in [6, 6.07) is 0.749. The smallest absolute Gasteiger partial charge is 0.291 e.